The van der Waals surface area contributed by atoms with Crippen LogP contribution in [0.5, 0.6) is 0 Å². The highest BCUT2D eigenvalue weighted by Gasteiger charge is 2.21. The van der Waals surface area contributed by atoms with Gasteiger partial charge >= 0.3 is 0 Å². The van der Waals surface area contributed by atoms with E-state index >= 15 is 0 Å². The van der Waals surface area contributed by atoms with Crippen LogP contribution in [0, 0.1) is 5.82 Å². The van der Waals surface area contributed by atoms with Crippen LogP contribution in [-0.4, -0.2) is 39.1 Å². The lowest BCUT2D eigenvalue weighted by atomic mass is 10.1. The Labute approximate surface area is 189 Å². The molecule has 7 nitrogen and oxygen atoms in total. The molecule has 5 rings (SSSR count). The van der Waals surface area contributed by atoms with Crippen LogP contribution in [0.1, 0.15) is 18.4 Å². The Bertz CT molecular complexity index is 1310. The molecule has 0 aliphatic carbocycles. The van der Waals surface area contributed by atoms with Crippen molar-refractivity contribution in [1.29, 1.82) is 0 Å². The second-order valence-electron chi connectivity index (χ2n) is 7.75. The number of hydrogen-bond acceptors (Lipinski definition) is 5. The summed E-state index contributed by atoms with van der Waals surface area (Å²) in [5.74, 6) is 0.295. The van der Waals surface area contributed by atoms with Gasteiger partial charge in [-0.05, 0) is 30.7 Å². The number of imidazole rings is 1. The van der Waals surface area contributed by atoms with E-state index < -0.39 is 5.82 Å². The Morgan fingerprint density at radius 1 is 1.12 bits per heavy atom. The molecule has 0 radical (unpaired) electrons. The number of carbonyl (C=O) groups is 1. The summed E-state index contributed by atoms with van der Waals surface area (Å²) in [5, 5.41) is 4.79. The topological polar surface area (TPSA) is 66.6 Å². The van der Waals surface area contributed by atoms with Crippen molar-refractivity contribution in [3.63, 3.8) is 0 Å². The van der Waals surface area contributed by atoms with Gasteiger partial charge in [-0.2, -0.15) is 0 Å². The van der Waals surface area contributed by atoms with Gasteiger partial charge in [-0.3, -0.25) is 9.78 Å². The molecular weight excluding hydrogens is 431 g/mol. The minimum absolute atomic E-state index is 0.0628. The molecule has 3 aromatic heterocycles. The maximum atomic E-state index is 13.7. The Kier molecular flexibility index (Phi) is 5.22. The SMILES string of the molecule is CN(Cc1cncc(F)c1Cl)c1ccc2ncc(-c3ccc(N4CCCC4=O)cc3)n2n1. The fourth-order valence-electron chi connectivity index (χ4n) is 3.90. The Hall–Kier alpha value is -3.52. The van der Waals surface area contributed by atoms with Gasteiger partial charge in [-0.1, -0.05) is 23.7 Å². The van der Waals surface area contributed by atoms with E-state index in [1.165, 1.54) is 0 Å². The zero-order chi connectivity index (χ0) is 22.2. The fourth-order valence-corrected chi connectivity index (χ4v) is 4.06. The molecule has 1 aliphatic heterocycles. The van der Waals surface area contributed by atoms with Crippen LogP contribution < -0.4 is 9.80 Å². The predicted molar refractivity (Wildman–Crippen MR) is 121 cm³/mol. The van der Waals surface area contributed by atoms with Gasteiger partial charge < -0.3 is 9.80 Å². The Morgan fingerprint density at radius 3 is 2.69 bits per heavy atom. The van der Waals surface area contributed by atoms with Gasteiger partial charge in [-0.15, -0.1) is 5.10 Å². The van der Waals surface area contributed by atoms with Crippen molar-refractivity contribution in [1.82, 2.24) is 19.6 Å². The monoisotopic (exact) mass is 450 g/mol. The Balaban J connectivity index is 1.43. The van der Waals surface area contributed by atoms with E-state index in [0.717, 1.165) is 36.1 Å². The molecule has 0 saturated carbocycles. The number of benzene rings is 1. The number of halogens is 2. The first-order valence-electron chi connectivity index (χ1n) is 10.3. The number of aromatic nitrogens is 4. The highest BCUT2D eigenvalue weighted by molar-refractivity contribution is 6.31. The zero-order valence-electron chi connectivity index (χ0n) is 17.4. The van der Waals surface area contributed by atoms with Crippen LogP contribution in [0.25, 0.3) is 16.9 Å². The minimum Gasteiger partial charge on any atom is -0.354 e. The van der Waals surface area contributed by atoms with Crippen molar-refractivity contribution >= 4 is 34.7 Å². The number of carbonyl (C=O) groups excluding carboxylic acids is 1. The first kappa shape index (κ1) is 20.4. The van der Waals surface area contributed by atoms with Crippen molar-refractivity contribution in [2.75, 3.05) is 23.4 Å². The smallest absolute Gasteiger partial charge is 0.227 e. The van der Waals surface area contributed by atoms with Crippen LogP contribution in [0.4, 0.5) is 15.9 Å². The van der Waals surface area contributed by atoms with Gasteiger partial charge in [0.25, 0.3) is 0 Å². The summed E-state index contributed by atoms with van der Waals surface area (Å²) >= 11 is 6.07. The number of anilines is 2. The molecule has 1 aromatic carbocycles. The van der Waals surface area contributed by atoms with Crippen molar-refractivity contribution in [2.24, 2.45) is 0 Å². The van der Waals surface area contributed by atoms with Crippen LogP contribution in [0.3, 0.4) is 0 Å². The number of rotatable bonds is 5. The molecule has 0 atom stereocenters. The number of nitrogens with zero attached hydrogens (tertiary/aromatic N) is 6. The van der Waals surface area contributed by atoms with Gasteiger partial charge in [0.15, 0.2) is 11.5 Å². The van der Waals surface area contributed by atoms with Crippen molar-refractivity contribution < 1.29 is 9.18 Å². The standard InChI is InChI=1S/C23H20ClFN6O/c1-29(14-16-11-26-12-18(25)23(16)24)21-9-8-20-27-13-19(31(20)28-21)15-4-6-17(7-5-15)30-10-2-3-22(30)32/h4-9,11-13H,2-3,10,14H2,1H3. The molecule has 0 bridgehead atoms. The van der Waals surface area contributed by atoms with E-state index in [1.807, 2.05) is 53.2 Å². The second-order valence-corrected chi connectivity index (χ2v) is 8.13. The van der Waals surface area contributed by atoms with Crippen molar-refractivity contribution in [3.05, 3.63) is 71.4 Å². The summed E-state index contributed by atoms with van der Waals surface area (Å²) in [4.78, 5) is 24.0. The summed E-state index contributed by atoms with van der Waals surface area (Å²) in [6.45, 7) is 1.11. The molecule has 1 saturated heterocycles. The quantitative estimate of drug-likeness (QED) is 0.452. The summed E-state index contributed by atoms with van der Waals surface area (Å²) in [6.07, 6.45) is 5.92. The van der Waals surface area contributed by atoms with Crippen molar-refractivity contribution in [2.45, 2.75) is 19.4 Å². The maximum Gasteiger partial charge on any atom is 0.227 e. The van der Waals surface area contributed by atoms with E-state index in [-0.39, 0.29) is 10.9 Å². The lowest BCUT2D eigenvalue weighted by Crippen LogP contribution is -2.23. The molecule has 9 heteroatoms. The van der Waals surface area contributed by atoms with Crippen LogP contribution in [0.2, 0.25) is 5.02 Å². The van der Waals surface area contributed by atoms with E-state index in [2.05, 4.69) is 9.97 Å². The molecule has 0 unspecified atom stereocenters. The van der Waals surface area contributed by atoms with E-state index in [1.54, 1.807) is 16.9 Å². The maximum absolute atomic E-state index is 13.7. The predicted octanol–water partition coefficient (Wildman–Crippen LogP) is 4.35. The highest BCUT2D eigenvalue weighted by Crippen LogP contribution is 2.27. The third-order valence-corrected chi connectivity index (χ3v) is 6.03. The number of fused-ring (bicyclic) bond motifs is 1. The normalized spacial score (nSPS) is 13.8. The van der Waals surface area contributed by atoms with Gasteiger partial charge in [-0.25, -0.2) is 13.9 Å². The molecule has 1 aliphatic rings. The van der Waals surface area contributed by atoms with Crippen LogP contribution in [0.15, 0.2) is 55.0 Å². The average Bonchev–Trinajstić information content (AvgIpc) is 3.42. The summed E-state index contributed by atoms with van der Waals surface area (Å²) in [5.41, 5.74) is 3.96. The first-order chi connectivity index (χ1) is 15.5. The van der Waals surface area contributed by atoms with E-state index in [9.17, 15) is 9.18 Å². The van der Waals surface area contributed by atoms with Crippen LogP contribution >= 0.6 is 11.6 Å². The van der Waals surface area contributed by atoms with Gasteiger partial charge in [0.1, 0.15) is 5.82 Å². The lowest BCUT2D eigenvalue weighted by molar-refractivity contribution is -0.117. The summed E-state index contributed by atoms with van der Waals surface area (Å²) in [6, 6.07) is 11.6. The largest absolute Gasteiger partial charge is 0.354 e. The lowest BCUT2D eigenvalue weighted by Gasteiger charge is -2.19. The number of pyridine rings is 1. The molecule has 32 heavy (non-hydrogen) atoms. The van der Waals surface area contributed by atoms with Gasteiger partial charge in [0, 0.05) is 49.6 Å². The molecule has 0 spiro atoms. The third kappa shape index (κ3) is 3.67. The molecule has 1 fully saturated rings. The van der Waals surface area contributed by atoms with Crippen molar-refractivity contribution in [3.8, 4) is 11.3 Å². The number of amides is 1. The summed E-state index contributed by atoms with van der Waals surface area (Å²) < 4.78 is 15.5. The summed E-state index contributed by atoms with van der Waals surface area (Å²) in [7, 11) is 1.86. The second kappa shape index (κ2) is 8.20. The number of hydrogen-bond donors (Lipinski definition) is 0. The Morgan fingerprint density at radius 2 is 1.94 bits per heavy atom. The zero-order valence-corrected chi connectivity index (χ0v) is 18.1. The molecule has 0 N–H and O–H groups in total. The van der Waals surface area contributed by atoms with E-state index in [0.29, 0.717) is 30.0 Å². The van der Waals surface area contributed by atoms with E-state index in [4.69, 9.17) is 16.7 Å². The average molecular weight is 451 g/mol. The molecule has 162 valence electrons. The first-order valence-corrected chi connectivity index (χ1v) is 10.6. The van der Waals surface area contributed by atoms with Gasteiger partial charge in [0.05, 0.1) is 23.1 Å². The third-order valence-electron chi connectivity index (χ3n) is 5.60. The fraction of sp³-hybridized carbons (Fsp3) is 0.217. The molecule has 4 aromatic rings. The molecule has 1 amide bonds. The van der Waals surface area contributed by atoms with Crippen LogP contribution in [-0.2, 0) is 11.3 Å². The highest BCUT2D eigenvalue weighted by atomic mass is 35.5. The molecule has 4 heterocycles. The minimum atomic E-state index is -0.544. The molecular formula is C23H20ClFN6O. The van der Waals surface area contributed by atoms with Gasteiger partial charge in [0.2, 0.25) is 5.91 Å².